The molecule has 0 nitrogen and oxygen atoms in total. The number of hydrogen-bond acceptors (Lipinski definition) is 0. The van der Waals surface area contributed by atoms with Gasteiger partial charge in [-0.25, -0.2) is 0 Å². The van der Waals surface area contributed by atoms with E-state index in [1.807, 2.05) is 0 Å². The van der Waals surface area contributed by atoms with Crippen LogP contribution in [0.15, 0.2) is 0 Å². The van der Waals surface area contributed by atoms with E-state index in [0.29, 0.717) is 5.16 Å². The van der Waals surface area contributed by atoms with Gasteiger partial charge in [0.1, 0.15) is 0 Å². The number of rotatable bonds is 21. The molecule has 0 aromatic carbocycles. The van der Waals surface area contributed by atoms with Crippen LogP contribution in [0.5, 0.6) is 0 Å². The summed E-state index contributed by atoms with van der Waals surface area (Å²) in [7, 11) is 3.43. The van der Waals surface area contributed by atoms with E-state index >= 15 is 0 Å². The van der Waals surface area contributed by atoms with Gasteiger partial charge < -0.3 is 0 Å². The molecule has 0 aromatic rings. The Balaban J connectivity index is 4.63. The molecule has 0 amide bonds. The van der Waals surface area contributed by atoms with Crippen LogP contribution in [0.2, 0.25) is 0 Å². The zero-order chi connectivity index (χ0) is 20.2. The first-order valence-corrected chi connectivity index (χ1v) is 13.5. The Morgan fingerprint density at radius 1 is 0.481 bits per heavy atom. The monoisotopic (exact) mass is 398 g/mol. The molecule has 1 heteroatoms. The summed E-state index contributed by atoms with van der Waals surface area (Å²) in [6, 6.07) is 0. The highest BCUT2D eigenvalue weighted by Crippen LogP contribution is 2.43. The molecule has 0 saturated carbocycles. The lowest BCUT2D eigenvalue weighted by Gasteiger charge is -2.39. The fourth-order valence-electron chi connectivity index (χ4n) is 4.65. The van der Waals surface area contributed by atoms with E-state index in [9.17, 15) is 0 Å². The standard InChI is InChI=1S/C26H55P/c1-5-9-13-14-15-16-18-22-25(21-17-10-6-2)26(27,23-19-11-7-3)24-20-12-8-4/h25H,5-24,27H2,1-4H3. The van der Waals surface area contributed by atoms with Gasteiger partial charge in [0.2, 0.25) is 0 Å². The van der Waals surface area contributed by atoms with E-state index < -0.39 is 0 Å². The van der Waals surface area contributed by atoms with Crippen LogP contribution in [0.1, 0.15) is 156 Å². The van der Waals surface area contributed by atoms with Gasteiger partial charge in [-0.2, -0.15) is 0 Å². The zero-order valence-corrected chi connectivity index (χ0v) is 21.0. The normalized spacial score (nSPS) is 13.2. The topological polar surface area (TPSA) is 0 Å². The van der Waals surface area contributed by atoms with Crippen LogP contribution in [0, 0.1) is 5.92 Å². The van der Waals surface area contributed by atoms with Gasteiger partial charge in [0.05, 0.1) is 0 Å². The van der Waals surface area contributed by atoms with E-state index in [-0.39, 0.29) is 0 Å². The Labute approximate surface area is 176 Å². The second-order valence-corrected chi connectivity index (χ2v) is 10.4. The molecule has 0 saturated heterocycles. The number of hydrogen-bond donors (Lipinski definition) is 0. The summed E-state index contributed by atoms with van der Waals surface area (Å²) in [6.07, 6.45) is 28.7. The second kappa shape index (κ2) is 19.7. The molecular formula is C26H55P. The minimum atomic E-state index is 0.528. The van der Waals surface area contributed by atoms with Gasteiger partial charge >= 0.3 is 0 Å². The first kappa shape index (κ1) is 27.4. The molecule has 0 rings (SSSR count). The lowest BCUT2D eigenvalue weighted by atomic mass is 9.77. The molecule has 0 aromatic heterocycles. The summed E-state index contributed by atoms with van der Waals surface area (Å²) in [5, 5.41) is 0.528. The first-order chi connectivity index (χ1) is 13.1. The van der Waals surface area contributed by atoms with E-state index in [1.54, 1.807) is 0 Å². The number of unbranched alkanes of at least 4 members (excludes halogenated alkanes) is 12. The first-order valence-electron chi connectivity index (χ1n) is 12.9. The van der Waals surface area contributed by atoms with E-state index in [4.69, 9.17) is 0 Å². The maximum absolute atomic E-state index is 3.43. The van der Waals surface area contributed by atoms with E-state index in [1.165, 1.54) is 128 Å². The van der Waals surface area contributed by atoms with Crippen molar-refractivity contribution >= 4 is 9.24 Å². The van der Waals surface area contributed by atoms with Crippen LogP contribution >= 0.6 is 9.24 Å². The molecule has 0 aliphatic heterocycles. The predicted octanol–water partition coefficient (Wildman–Crippen LogP) is 10.1. The molecule has 27 heavy (non-hydrogen) atoms. The molecule has 0 heterocycles. The minimum absolute atomic E-state index is 0.528. The van der Waals surface area contributed by atoms with Gasteiger partial charge in [-0.15, -0.1) is 9.24 Å². The quantitative estimate of drug-likeness (QED) is 0.133. The highest BCUT2D eigenvalue weighted by molar-refractivity contribution is 7.19. The molecule has 164 valence electrons. The molecule has 0 N–H and O–H groups in total. The largest absolute Gasteiger partial charge is 0.131 e. The maximum Gasteiger partial charge on any atom is -0.0122 e. The molecule has 0 aliphatic carbocycles. The summed E-state index contributed by atoms with van der Waals surface area (Å²) in [6.45, 7) is 9.36. The average molecular weight is 399 g/mol. The lowest BCUT2D eigenvalue weighted by Crippen LogP contribution is -2.32. The molecule has 0 fully saturated rings. The van der Waals surface area contributed by atoms with E-state index in [2.05, 4.69) is 36.9 Å². The van der Waals surface area contributed by atoms with Crippen molar-refractivity contribution in [3.05, 3.63) is 0 Å². The molecule has 0 aliphatic rings. The Morgan fingerprint density at radius 2 is 0.815 bits per heavy atom. The molecule has 2 atom stereocenters. The van der Waals surface area contributed by atoms with Crippen LogP contribution in [0.25, 0.3) is 0 Å². The van der Waals surface area contributed by atoms with Gasteiger partial charge in [-0.1, -0.05) is 130 Å². The van der Waals surface area contributed by atoms with Crippen molar-refractivity contribution in [2.75, 3.05) is 0 Å². The summed E-state index contributed by atoms with van der Waals surface area (Å²) in [5.74, 6) is 0.943. The smallest absolute Gasteiger partial charge is 0.0122 e. The highest BCUT2D eigenvalue weighted by atomic mass is 31.0. The van der Waals surface area contributed by atoms with Crippen molar-refractivity contribution in [2.45, 2.75) is 161 Å². The SMILES string of the molecule is CCCCCCCCCC(CCCCC)C(P)(CCCCC)CCCCC. The van der Waals surface area contributed by atoms with Crippen LogP contribution in [0.3, 0.4) is 0 Å². The lowest BCUT2D eigenvalue weighted by molar-refractivity contribution is 0.271. The fourth-order valence-corrected chi connectivity index (χ4v) is 5.39. The van der Waals surface area contributed by atoms with Crippen LogP contribution in [0.4, 0.5) is 0 Å². The summed E-state index contributed by atoms with van der Waals surface area (Å²) in [4.78, 5) is 0. The highest BCUT2D eigenvalue weighted by Gasteiger charge is 2.32. The third-order valence-corrected chi connectivity index (χ3v) is 7.67. The summed E-state index contributed by atoms with van der Waals surface area (Å²) in [5.41, 5.74) is 0. The second-order valence-electron chi connectivity index (χ2n) is 9.25. The molecule has 0 radical (unpaired) electrons. The van der Waals surface area contributed by atoms with Gasteiger partial charge in [0.15, 0.2) is 0 Å². The molecule has 0 spiro atoms. The van der Waals surface area contributed by atoms with Gasteiger partial charge in [-0.05, 0) is 36.8 Å². The van der Waals surface area contributed by atoms with Crippen LogP contribution in [-0.4, -0.2) is 5.16 Å². The molecule has 2 unspecified atom stereocenters. The van der Waals surface area contributed by atoms with Crippen molar-refractivity contribution < 1.29 is 0 Å². The van der Waals surface area contributed by atoms with Crippen molar-refractivity contribution in [3.63, 3.8) is 0 Å². The Bertz CT molecular complexity index is 276. The Hall–Kier alpha value is 0.430. The fraction of sp³-hybridized carbons (Fsp3) is 1.00. The average Bonchev–Trinajstić information content (AvgIpc) is 2.66. The third kappa shape index (κ3) is 15.0. The van der Waals surface area contributed by atoms with Crippen LogP contribution in [-0.2, 0) is 0 Å². The molecule has 0 bridgehead atoms. The third-order valence-electron chi connectivity index (χ3n) is 6.62. The minimum Gasteiger partial charge on any atom is -0.131 e. The van der Waals surface area contributed by atoms with Crippen molar-refractivity contribution in [1.82, 2.24) is 0 Å². The Kier molecular flexibility index (Phi) is 20.0. The summed E-state index contributed by atoms with van der Waals surface area (Å²) < 4.78 is 0. The van der Waals surface area contributed by atoms with Crippen molar-refractivity contribution in [2.24, 2.45) is 5.92 Å². The van der Waals surface area contributed by atoms with Gasteiger partial charge in [-0.3, -0.25) is 0 Å². The Morgan fingerprint density at radius 3 is 1.30 bits per heavy atom. The van der Waals surface area contributed by atoms with Gasteiger partial charge in [0.25, 0.3) is 0 Å². The van der Waals surface area contributed by atoms with Gasteiger partial charge in [0, 0.05) is 0 Å². The zero-order valence-electron chi connectivity index (χ0n) is 19.8. The van der Waals surface area contributed by atoms with Crippen LogP contribution < -0.4 is 0 Å². The van der Waals surface area contributed by atoms with Crippen molar-refractivity contribution in [1.29, 1.82) is 0 Å². The predicted molar refractivity (Wildman–Crippen MR) is 131 cm³/mol. The van der Waals surface area contributed by atoms with Crippen molar-refractivity contribution in [3.8, 4) is 0 Å². The van der Waals surface area contributed by atoms with E-state index in [0.717, 1.165) is 5.92 Å². The maximum atomic E-state index is 3.43. The molecular weight excluding hydrogens is 343 g/mol. The summed E-state index contributed by atoms with van der Waals surface area (Å²) >= 11 is 0.